The smallest absolute Gasteiger partial charge is 0.128 e. The van der Waals surface area contributed by atoms with Gasteiger partial charge in [0.2, 0.25) is 0 Å². The second-order valence-corrected chi connectivity index (χ2v) is 4.15. The highest BCUT2D eigenvalue weighted by Crippen LogP contribution is 2.13. The Labute approximate surface area is 94.1 Å². The van der Waals surface area contributed by atoms with Crippen molar-refractivity contribution >= 4 is 0 Å². The van der Waals surface area contributed by atoms with Gasteiger partial charge in [-0.3, -0.25) is 0 Å². The van der Waals surface area contributed by atoms with Crippen LogP contribution in [0.5, 0.6) is 0 Å². The number of fused-ring (bicyclic) bond motifs is 1. The average Bonchev–Trinajstić information content (AvgIpc) is 2.88. The van der Waals surface area contributed by atoms with E-state index in [9.17, 15) is 0 Å². The Balaban J connectivity index is 1.90. The quantitative estimate of drug-likeness (QED) is 0.787. The Morgan fingerprint density at radius 3 is 3.19 bits per heavy atom. The molecule has 0 radical (unpaired) electrons. The van der Waals surface area contributed by atoms with Crippen LogP contribution in [0.15, 0.2) is 18.7 Å². The third kappa shape index (κ3) is 1.53. The van der Waals surface area contributed by atoms with Crippen LogP contribution in [0.25, 0.3) is 0 Å². The fourth-order valence-electron chi connectivity index (χ4n) is 2.14. The number of nitrogens with zero attached hydrogens (tertiary/aromatic N) is 4. The molecule has 0 saturated heterocycles. The van der Waals surface area contributed by atoms with Crippen LogP contribution in [0.1, 0.15) is 17.2 Å². The standard InChI is InChI=1S/C11H15N5/c1-15-5-4-13-11(15)7-16-8-14-9-6-12-3-2-10(9)16/h4-5,8,12H,2-3,6-7H2,1H3. The number of hydrogen-bond donors (Lipinski definition) is 1. The monoisotopic (exact) mass is 217 g/mol. The summed E-state index contributed by atoms with van der Waals surface area (Å²) in [7, 11) is 2.02. The van der Waals surface area contributed by atoms with E-state index in [1.54, 1.807) is 0 Å². The number of aryl methyl sites for hydroxylation is 1. The first kappa shape index (κ1) is 9.59. The van der Waals surface area contributed by atoms with Gasteiger partial charge in [-0.05, 0) is 0 Å². The van der Waals surface area contributed by atoms with E-state index in [1.807, 2.05) is 30.3 Å². The van der Waals surface area contributed by atoms with Gasteiger partial charge in [-0.2, -0.15) is 0 Å². The van der Waals surface area contributed by atoms with E-state index >= 15 is 0 Å². The maximum Gasteiger partial charge on any atom is 0.128 e. The van der Waals surface area contributed by atoms with Crippen LogP contribution in [0.3, 0.4) is 0 Å². The van der Waals surface area contributed by atoms with E-state index in [2.05, 4.69) is 19.9 Å². The summed E-state index contributed by atoms with van der Waals surface area (Å²) >= 11 is 0. The summed E-state index contributed by atoms with van der Waals surface area (Å²) in [4.78, 5) is 8.77. The molecule has 0 unspecified atom stereocenters. The maximum atomic E-state index is 4.43. The zero-order valence-corrected chi connectivity index (χ0v) is 9.35. The van der Waals surface area contributed by atoms with Crippen LogP contribution in [-0.4, -0.2) is 25.6 Å². The van der Waals surface area contributed by atoms with Crippen LogP contribution in [0.4, 0.5) is 0 Å². The molecule has 1 aliphatic rings. The third-order valence-electron chi connectivity index (χ3n) is 3.10. The molecule has 0 bridgehead atoms. The van der Waals surface area contributed by atoms with Crippen molar-refractivity contribution in [3.05, 3.63) is 35.9 Å². The molecule has 0 aliphatic carbocycles. The van der Waals surface area contributed by atoms with Gasteiger partial charge in [0, 0.05) is 44.6 Å². The van der Waals surface area contributed by atoms with Crippen molar-refractivity contribution in [3.8, 4) is 0 Å². The summed E-state index contributed by atoms with van der Waals surface area (Å²) in [5.41, 5.74) is 2.53. The van der Waals surface area contributed by atoms with E-state index in [0.29, 0.717) is 0 Å². The lowest BCUT2D eigenvalue weighted by Gasteiger charge is -2.14. The second kappa shape index (κ2) is 3.75. The zero-order chi connectivity index (χ0) is 11.0. The van der Waals surface area contributed by atoms with Crippen molar-refractivity contribution in [1.82, 2.24) is 24.4 Å². The third-order valence-corrected chi connectivity index (χ3v) is 3.10. The van der Waals surface area contributed by atoms with Crippen LogP contribution in [-0.2, 0) is 26.6 Å². The maximum absolute atomic E-state index is 4.43. The Morgan fingerprint density at radius 1 is 1.44 bits per heavy atom. The zero-order valence-electron chi connectivity index (χ0n) is 9.35. The molecule has 16 heavy (non-hydrogen) atoms. The van der Waals surface area contributed by atoms with Gasteiger partial charge in [0.1, 0.15) is 5.82 Å². The van der Waals surface area contributed by atoms with Crippen molar-refractivity contribution < 1.29 is 0 Å². The molecule has 2 aromatic heterocycles. The van der Waals surface area contributed by atoms with E-state index in [1.165, 1.54) is 11.4 Å². The normalized spacial score (nSPS) is 15.1. The van der Waals surface area contributed by atoms with Crippen LogP contribution < -0.4 is 5.32 Å². The molecule has 0 aromatic carbocycles. The van der Waals surface area contributed by atoms with Gasteiger partial charge in [-0.1, -0.05) is 0 Å². The highest BCUT2D eigenvalue weighted by atomic mass is 15.1. The minimum Gasteiger partial charge on any atom is -0.337 e. The molecule has 0 atom stereocenters. The molecule has 1 aliphatic heterocycles. The minimum atomic E-state index is 0.811. The highest BCUT2D eigenvalue weighted by molar-refractivity contribution is 5.17. The van der Waals surface area contributed by atoms with E-state index < -0.39 is 0 Å². The average molecular weight is 217 g/mol. The molecule has 2 aromatic rings. The van der Waals surface area contributed by atoms with Crippen molar-refractivity contribution in [2.45, 2.75) is 19.5 Å². The lowest BCUT2D eigenvalue weighted by atomic mass is 10.2. The van der Waals surface area contributed by atoms with Gasteiger partial charge in [0.15, 0.2) is 0 Å². The van der Waals surface area contributed by atoms with Crippen molar-refractivity contribution in [2.75, 3.05) is 6.54 Å². The molecular weight excluding hydrogens is 202 g/mol. The summed E-state index contributed by atoms with van der Waals surface area (Å²) in [5, 5.41) is 3.33. The van der Waals surface area contributed by atoms with Crippen molar-refractivity contribution in [2.24, 2.45) is 7.05 Å². The molecule has 3 rings (SSSR count). The van der Waals surface area contributed by atoms with Gasteiger partial charge in [0.25, 0.3) is 0 Å². The predicted octanol–water partition coefficient (Wildman–Crippen LogP) is 0.311. The Kier molecular flexibility index (Phi) is 2.25. The Morgan fingerprint density at radius 2 is 2.38 bits per heavy atom. The van der Waals surface area contributed by atoms with Gasteiger partial charge in [-0.15, -0.1) is 0 Å². The number of imidazole rings is 2. The summed E-state index contributed by atoms with van der Waals surface area (Å²) < 4.78 is 4.26. The molecule has 1 N–H and O–H groups in total. The number of rotatable bonds is 2. The fraction of sp³-hybridized carbons (Fsp3) is 0.455. The highest BCUT2D eigenvalue weighted by Gasteiger charge is 2.15. The molecule has 5 heteroatoms. The molecule has 0 saturated carbocycles. The lowest BCUT2D eigenvalue weighted by molar-refractivity contribution is 0.592. The van der Waals surface area contributed by atoms with Crippen LogP contribution >= 0.6 is 0 Å². The first-order valence-electron chi connectivity index (χ1n) is 5.54. The van der Waals surface area contributed by atoms with E-state index in [-0.39, 0.29) is 0 Å². The van der Waals surface area contributed by atoms with E-state index in [4.69, 9.17) is 0 Å². The van der Waals surface area contributed by atoms with Gasteiger partial charge in [-0.25, -0.2) is 9.97 Å². The van der Waals surface area contributed by atoms with Crippen LogP contribution in [0.2, 0.25) is 0 Å². The molecule has 0 fully saturated rings. The van der Waals surface area contributed by atoms with Crippen LogP contribution in [0, 0.1) is 0 Å². The summed E-state index contributed by atoms with van der Waals surface area (Å²) in [6.07, 6.45) is 6.78. The second-order valence-electron chi connectivity index (χ2n) is 4.15. The molecular formula is C11H15N5. The molecule has 0 spiro atoms. The minimum absolute atomic E-state index is 0.811. The fourth-order valence-corrected chi connectivity index (χ4v) is 2.14. The first-order chi connectivity index (χ1) is 7.84. The summed E-state index contributed by atoms with van der Waals surface area (Å²) in [6.45, 7) is 2.74. The molecule has 0 amide bonds. The summed E-state index contributed by atoms with van der Waals surface area (Å²) in [5.74, 6) is 1.07. The summed E-state index contributed by atoms with van der Waals surface area (Å²) in [6, 6.07) is 0. The predicted molar refractivity (Wildman–Crippen MR) is 59.9 cm³/mol. The number of hydrogen-bond acceptors (Lipinski definition) is 3. The first-order valence-corrected chi connectivity index (χ1v) is 5.54. The SMILES string of the molecule is Cn1ccnc1Cn1cnc2c1CCNC2. The van der Waals surface area contributed by atoms with E-state index in [0.717, 1.165) is 31.9 Å². The molecule has 3 heterocycles. The van der Waals surface area contributed by atoms with Gasteiger partial charge in [0.05, 0.1) is 18.6 Å². The lowest BCUT2D eigenvalue weighted by Crippen LogP contribution is -2.25. The topological polar surface area (TPSA) is 47.7 Å². The molecule has 84 valence electrons. The largest absolute Gasteiger partial charge is 0.337 e. The van der Waals surface area contributed by atoms with Crippen molar-refractivity contribution in [3.63, 3.8) is 0 Å². The molecule has 5 nitrogen and oxygen atoms in total. The number of aromatic nitrogens is 4. The van der Waals surface area contributed by atoms with Crippen molar-refractivity contribution in [1.29, 1.82) is 0 Å². The number of nitrogens with one attached hydrogen (secondary N) is 1. The van der Waals surface area contributed by atoms with Gasteiger partial charge >= 0.3 is 0 Å². The Hall–Kier alpha value is -1.62. The Bertz CT molecular complexity index is 496. The van der Waals surface area contributed by atoms with Gasteiger partial charge < -0.3 is 14.5 Å².